The fourth-order valence-corrected chi connectivity index (χ4v) is 0.585. The number of Topliss-reactive ketones (excluding diaryl/α,β-unsaturated/α-hetero) is 1. The lowest BCUT2D eigenvalue weighted by atomic mass is 10.1. The summed E-state index contributed by atoms with van der Waals surface area (Å²) in [5.74, 6) is -0.196. The van der Waals surface area contributed by atoms with Gasteiger partial charge < -0.3 is 0 Å². The van der Waals surface area contributed by atoms with Crippen LogP contribution in [0.15, 0.2) is 17.3 Å². The lowest BCUT2D eigenvalue weighted by Crippen LogP contribution is -2.14. The number of carbonyl (C=O) groups excluding carboxylic acids is 1. The van der Waals surface area contributed by atoms with Gasteiger partial charge in [0, 0.05) is 6.42 Å². The van der Waals surface area contributed by atoms with E-state index in [1.807, 2.05) is 0 Å². The Labute approximate surface area is 60.1 Å². The molecule has 0 saturated carbocycles. The molecule has 0 N–H and O–H groups in total. The minimum absolute atomic E-state index is 0.196. The molecule has 0 heterocycles. The summed E-state index contributed by atoms with van der Waals surface area (Å²) in [4.78, 5) is 20.5. The highest BCUT2D eigenvalue weighted by Crippen LogP contribution is 2.05. The van der Waals surface area contributed by atoms with E-state index in [4.69, 9.17) is 0 Å². The number of nitroso groups, excluding NO2 is 1. The highest BCUT2D eigenvalue weighted by Gasteiger charge is 2.13. The molecule has 0 aromatic rings. The summed E-state index contributed by atoms with van der Waals surface area (Å²) in [7, 11) is 0. The minimum atomic E-state index is -0.725. The van der Waals surface area contributed by atoms with Gasteiger partial charge in [-0.25, -0.2) is 0 Å². The van der Waals surface area contributed by atoms with E-state index in [0.717, 1.165) is 5.57 Å². The van der Waals surface area contributed by atoms with Crippen molar-refractivity contribution in [3.05, 3.63) is 17.1 Å². The number of nitrogens with zero attached hydrogens (tertiary/aromatic N) is 1. The van der Waals surface area contributed by atoms with Crippen molar-refractivity contribution in [1.29, 1.82) is 0 Å². The summed E-state index contributed by atoms with van der Waals surface area (Å²) < 4.78 is 0. The normalized spacial score (nSPS) is 12.2. The monoisotopic (exact) mass is 141 g/mol. The molecule has 0 aromatic carbocycles. The summed E-state index contributed by atoms with van der Waals surface area (Å²) >= 11 is 0. The standard InChI is InChI=1S/C7H11NO2/c1-5(2)4-7(8-10)6(3)9/h7H,1,4H2,2-3H3. The lowest BCUT2D eigenvalue weighted by molar-refractivity contribution is -0.118. The molecule has 0 aliphatic rings. The first kappa shape index (κ1) is 9.01. The van der Waals surface area contributed by atoms with Crippen molar-refractivity contribution in [3.8, 4) is 0 Å². The molecule has 0 saturated heterocycles. The summed E-state index contributed by atoms with van der Waals surface area (Å²) in [5.41, 5.74) is 0.805. The zero-order valence-electron chi connectivity index (χ0n) is 6.26. The Balaban J connectivity index is 3.96. The Hall–Kier alpha value is -0.990. The Morgan fingerprint density at radius 1 is 1.60 bits per heavy atom. The van der Waals surface area contributed by atoms with Crippen LogP contribution in [0.1, 0.15) is 20.3 Å². The van der Waals surface area contributed by atoms with Gasteiger partial charge in [-0.05, 0) is 13.8 Å². The van der Waals surface area contributed by atoms with Gasteiger partial charge in [0.1, 0.15) is 0 Å². The summed E-state index contributed by atoms with van der Waals surface area (Å²) in [6, 6.07) is -0.725. The van der Waals surface area contributed by atoms with Crippen molar-refractivity contribution in [2.24, 2.45) is 5.18 Å². The number of hydrogen-bond donors (Lipinski definition) is 0. The minimum Gasteiger partial charge on any atom is -0.297 e. The molecular weight excluding hydrogens is 130 g/mol. The average molecular weight is 141 g/mol. The Morgan fingerprint density at radius 3 is 2.20 bits per heavy atom. The fraction of sp³-hybridized carbons (Fsp3) is 0.571. The van der Waals surface area contributed by atoms with Crippen LogP contribution in [0.4, 0.5) is 0 Å². The van der Waals surface area contributed by atoms with Gasteiger partial charge in [-0.3, -0.25) is 4.79 Å². The summed E-state index contributed by atoms with van der Waals surface area (Å²) in [6.07, 6.45) is 0.374. The van der Waals surface area contributed by atoms with Gasteiger partial charge >= 0.3 is 0 Å². The highest BCUT2D eigenvalue weighted by molar-refractivity contribution is 5.81. The molecule has 0 fully saturated rings. The molecule has 0 aliphatic heterocycles. The second kappa shape index (κ2) is 3.93. The third-order valence-corrected chi connectivity index (χ3v) is 1.14. The largest absolute Gasteiger partial charge is 0.297 e. The van der Waals surface area contributed by atoms with E-state index in [0.29, 0.717) is 6.42 Å². The molecule has 0 rings (SSSR count). The van der Waals surface area contributed by atoms with Crippen LogP contribution in [0.25, 0.3) is 0 Å². The third kappa shape index (κ3) is 3.12. The van der Waals surface area contributed by atoms with Crippen LogP contribution >= 0.6 is 0 Å². The van der Waals surface area contributed by atoms with E-state index < -0.39 is 6.04 Å². The number of rotatable bonds is 4. The first-order valence-electron chi connectivity index (χ1n) is 3.05. The molecule has 0 aliphatic carbocycles. The first-order valence-corrected chi connectivity index (χ1v) is 3.05. The van der Waals surface area contributed by atoms with E-state index in [2.05, 4.69) is 11.8 Å². The third-order valence-electron chi connectivity index (χ3n) is 1.14. The number of carbonyl (C=O) groups is 1. The Morgan fingerprint density at radius 2 is 2.10 bits per heavy atom. The van der Waals surface area contributed by atoms with Crippen LogP contribution in [0.3, 0.4) is 0 Å². The Kier molecular flexibility index (Phi) is 3.54. The van der Waals surface area contributed by atoms with Crippen molar-refractivity contribution >= 4 is 5.78 Å². The van der Waals surface area contributed by atoms with Crippen LogP contribution in [0, 0.1) is 4.91 Å². The van der Waals surface area contributed by atoms with Gasteiger partial charge in [0.15, 0.2) is 11.8 Å². The quantitative estimate of drug-likeness (QED) is 0.441. The SMILES string of the molecule is C=C(C)CC(N=O)C(C)=O. The maximum atomic E-state index is 10.6. The summed E-state index contributed by atoms with van der Waals surface area (Å²) in [5, 5.41) is 2.67. The van der Waals surface area contributed by atoms with Crippen LogP contribution in [0.5, 0.6) is 0 Å². The second-order valence-electron chi connectivity index (χ2n) is 2.39. The molecule has 1 atom stereocenters. The van der Waals surface area contributed by atoms with E-state index in [1.165, 1.54) is 6.92 Å². The zero-order valence-corrected chi connectivity index (χ0v) is 6.26. The molecule has 3 nitrogen and oxygen atoms in total. The van der Waals surface area contributed by atoms with Crippen molar-refractivity contribution < 1.29 is 4.79 Å². The molecule has 1 unspecified atom stereocenters. The van der Waals surface area contributed by atoms with E-state index >= 15 is 0 Å². The Bertz CT molecular complexity index is 163. The van der Waals surface area contributed by atoms with E-state index in [1.54, 1.807) is 6.92 Å². The van der Waals surface area contributed by atoms with Gasteiger partial charge in [-0.1, -0.05) is 10.7 Å². The fourth-order valence-electron chi connectivity index (χ4n) is 0.585. The number of hydrogen-bond acceptors (Lipinski definition) is 3. The molecule has 0 radical (unpaired) electrons. The van der Waals surface area contributed by atoms with Gasteiger partial charge in [0.05, 0.1) is 0 Å². The molecule has 10 heavy (non-hydrogen) atoms. The van der Waals surface area contributed by atoms with E-state index in [9.17, 15) is 9.70 Å². The average Bonchev–Trinajstić information content (AvgIpc) is 1.81. The molecule has 0 spiro atoms. The van der Waals surface area contributed by atoms with Gasteiger partial charge in [0.2, 0.25) is 0 Å². The van der Waals surface area contributed by atoms with Gasteiger partial charge in [-0.15, -0.1) is 6.58 Å². The zero-order chi connectivity index (χ0) is 8.15. The molecular formula is C7H11NO2. The van der Waals surface area contributed by atoms with Crippen LogP contribution in [-0.4, -0.2) is 11.8 Å². The topological polar surface area (TPSA) is 46.5 Å². The maximum absolute atomic E-state index is 10.6. The van der Waals surface area contributed by atoms with Crippen LogP contribution in [-0.2, 0) is 4.79 Å². The van der Waals surface area contributed by atoms with Gasteiger partial charge in [-0.2, -0.15) is 4.91 Å². The van der Waals surface area contributed by atoms with Gasteiger partial charge in [0.25, 0.3) is 0 Å². The van der Waals surface area contributed by atoms with Crippen molar-refractivity contribution in [2.75, 3.05) is 0 Å². The number of ketones is 1. The predicted octanol–water partition coefficient (Wildman–Crippen LogP) is 1.68. The van der Waals surface area contributed by atoms with Crippen molar-refractivity contribution in [3.63, 3.8) is 0 Å². The highest BCUT2D eigenvalue weighted by atomic mass is 16.3. The molecule has 0 amide bonds. The molecule has 56 valence electrons. The molecule has 0 aromatic heterocycles. The predicted molar refractivity (Wildman–Crippen MR) is 39.7 cm³/mol. The van der Waals surface area contributed by atoms with Crippen LogP contribution < -0.4 is 0 Å². The maximum Gasteiger partial charge on any atom is 0.158 e. The second-order valence-corrected chi connectivity index (χ2v) is 2.39. The molecule has 0 bridgehead atoms. The van der Waals surface area contributed by atoms with Crippen molar-refractivity contribution in [2.45, 2.75) is 26.3 Å². The van der Waals surface area contributed by atoms with Crippen LogP contribution in [0.2, 0.25) is 0 Å². The molecule has 3 heteroatoms. The van der Waals surface area contributed by atoms with E-state index in [-0.39, 0.29) is 5.78 Å². The smallest absolute Gasteiger partial charge is 0.158 e. The first-order chi connectivity index (χ1) is 4.57. The summed E-state index contributed by atoms with van der Waals surface area (Å²) in [6.45, 7) is 6.70. The van der Waals surface area contributed by atoms with Crippen molar-refractivity contribution in [1.82, 2.24) is 0 Å². The lowest BCUT2D eigenvalue weighted by Gasteiger charge is -2.02.